The highest BCUT2D eigenvalue weighted by atomic mass is 32.2. The molecule has 0 radical (unpaired) electrons. The minimum absolute atomic E-state index is 0.00248. The number of aryl methyl sites for hydroxylation is 1. The van der Waals surface area contributed by atoms with Gasteiger partial charge in [0.2, 0.25) is 11.1 Å². The third-order valence-electron chi connectivity index (χ3n) is 4.07. The average Bonchev–Trinajstić information content (AvgIpc) is 3.10. The number of thioether (sulfide) groups is 1. The molecule has 26 heavy (non-hydrogen) atoms. The van der Waals surface area contributed by atoms with Crippen molar-refractivity contribution in [1.29, 1.82) is 0 Å². The first-order valence-corrected chi connectivity index (χ1v) is 9.59. The summed E-state index contributed by atoms with van der Waals surface area (Å²) < 4.78 is 0. The van der Waals surface area contributed by atoms with Crippen molar-refractivity contribution in [2.24, 2.45) is 0 Å². The summed E-state index contributed by atoms with van der Waals surface area (Å²) in [6.07, 6.45) is 0.851. The largest absolute Gasteiger partial charge is 0.355 e. The van der Waals surface area contributed by atoms with Gasteiger partial charge in [-0.05, 0) is 24.5 Å². The predicted octanol–water partition coefficient (Wildman–Crippen LogP) is 3.54. The van der Waals surface area contributed by atoms with Gasteiger partial charge in [0.15, 0.2) is 0 Å². The Morgan fingerprint density at radius 2 is 1.69 bits per heavy atom. The molecule has 2 N–H and O–H groups in total. The first-order chi connectivity index (χ1) is 12.7. The minimum atomic E-state index is -0.00248. The lowest BCUT2D eigenvalue weighted by atomic mass is 9.88. The van der Waals surface area contributed by atoms with Crippen LogP contribution in [0, 0.1) is 6.92 Å². The number of rotatable bonds is 8. The molecule has 134 valence electrons. The monoisotopic (exact) mass is 366 g/mol. The summed E-state index contributed by atoms with van der Waals surface area (Å²) in [4.78, 5) is 16.3. The van der Waals surface area contributed by atoms with Gasteiger partial charge in [-0.25, -0.2) is 4.98 Å². The molecule has 3 rings (SSSR count). The molecule has 1 amide bonds. The van der Waals surface area contributed by atoms with Crippen molar-refractivity contribution in [2.75, 3.05) is 12.3 Å². The number of H-pyrrole nitrogens is 1. The van der Waals surface area contributed by atoms with E-state index in [0.717, 1.165) is 12.2 Å². The second kappa shape index (κ2) is 9.20. The van der Waals surface area contributed by atoms with Crippen molar-refractivity contribution in [2.45, 2.75) is 24.4 Å². The number of aromatic nitrogens is 3. The van der Waals surface area contributed by atoms with Crippen LogP contribution in [0.25, 0.3) is 0 Å². The number of carbonyl (C=O) groups is 1. The Labute approximate surface area is 157 Å². The first-order valence-electron chi connectivity index (χ1n) is 8.61. The summed E-state index contributed by atoms with van der Waals surface area (Å²) in [5.74, 6) is 1.33. The van der Waals surface area contributed by atoms with Crippen molar-refractivity contribution >= 4 is 17.7 Å². The number of nitrogens with zero attached hydrogens (tertiary/aromatic N) is 2. The Balaban J connectivity index is 1.54. The lowest BCUT2D eigenvalue weighted by Gasteiger charge is -2.18. The summed E-state index contributed by atoms with van der Waals surface area (Å²) in [5, 5.41) is 10.4. The van der Waals surface area contributed by atoms with Crippen LogP contribution in [0.3, 0.4) is 0 Å². The molecule has 2 aromatic carbocycles. The number of benzene rings is 2. The molecule has 0 aliphatic rings. The quantitative estimate of drug-likeness (QED) is 0.598. The molecule has 0 aliphatic carbocycles. The maximum absolute atomic E-state index is 12.1. The van der Waals surface area contributed by atoms with Gasteiger partial charge in [0.1, 0.15) is 5.82 Å². The molecule has 5 nitrogen and oxygen atoms in total. The molecule has 6 heteroatoms. The van der Waals surface area contributed by atoms with E-state index in [0.29, 0.717) is 17.5 Å². The zero-order valence-electron chi connectivity index (χ0n) is 14.7. The van der Waals surface area contributed by atoms with Gasteiger partial charge in [-0.2, -0.15) is 0 Å². The first kappa shape index (κ1) is 18.2. The molecule has 0 aliphatic heterocycles. The molecule has 1 aromatic heterocycles. The number of nitrogens with one attached hydrogen (secondary N) is 2. The van der Waals surface area contributed by atoms with Crippen molar-refractivity contribution in [3.63, 3.8) is 0 Å². The molecule has 1 heterocycles. The third-order valence-corrected chi connectivity index (χ3v) is 4.92. The molecule has 0 saturated heterocycles. The van der Waals surface area contributed by atoms with E-state index in [1.165, 1.54) is 22.9 Å². The van der Waals surface area contributed by atoms with Gasteiger partial charge < -0.3 is 5.32 Å². The van der Waals surface area contributed by atoms with Crippen LogP contribution < -0.4 is 5.32 Å². The van der Waals surface area contributed by atoms with E-state index in [2.05, 4.69) is 69.0 Å². The second-order valence-corrected chi connectivity index (χ2v) is 6.95. The molecular formula is C20H22N4OS. The molecule has 0 unspecified atom stereocenters. The van der Waals surface area contributed by atoms with Crippen molar-refractivity contribution < 1.29 is 4.79 Å². The Morgan fingerprint density at radius 3 is 2.23 bits per heavy atom. The highest BCUT2D eigenvalue weighted by molar-refractivity contribution is 7.99. The van der Waals surface area contributed by atoms with E-state index in [9.17, 15) is 4.79 Å². The van der Waals surface area contributed by atoms with Gasteiger partial charge in [0.05, 0.1) is 5.75 Å². The number of aromatic amines is 1. The van der Waals surface area contributed by atoms with Crippen LogP contribution in [-0.2, 0) is 4.79 Å². The van der Waals surface area contributed by atoms with Crippen LogP contribution in [0.2, 0.25) is 0 Å². The van der Waals surface area contributed by atoms with Crippen LogP contribution in [0.1, 0.15) is 29.3 Å². The Morgan fingerprint density at radius 1 is 1.08 bits per heavy atom. The van der Waals surface area contributed by atoms with E-state index < -0.39 is 0 Å². The maximum atomic E-state index is 12.1. The summed E-state index contributed by atoms with van der Waals surface area (Å²) in [7, 11) is 0. The zero-order chi connectivity index (χ0) is 18.2. The van der Waals surface area contributed by atoms with Crippen LogP contribution in [-0.4, -0.2) is 33.4 Å². The maximum Gasteiger partial charge on any atom is 0.230 e. The number of hydrogen-bond acceptors (Lipinski definition) is 4. The van der Waals surface area contributed by atoms with Gasteiger partial charge in [0, 0.05) is 12.5 Å². The number of hydrogen-bond donors (Lipinski definition) is 2. The van der Waals surface area contributed by atoms with Gasteiger partial charge in [-0.1, -0.05) is 72.4 Å². The Kier molecular flexibility index (Phi) is 6.44. The van der Waals surface area contributed by atoms with E-state index in [-0.39, 0.29) is 11.8 Å². The normalized spacial score (nSPS) is 10.8. The van der Waals surface area contributed by atoms with Gasteiger partial charge >= 0.3 is 0 Å². The van der Waals surface area contributed by atoms with Crippen LogP contribution in [0.4, 0.5) is 0 Å². The van der Waals surface area contributed by atoms with Crippen molar-refractivity contribution in [3.05, 3.63) is 77.6 Å². The van der Waals surface area contributed by atoms with E-state index in [4.69, 9.17) is 0 Å². The van der Waals surface area contributed by atoms with Crippen molar-refractivity contribution in [3.8, 4) is 0 Å². The topological polar surface area (TPSA) is 70.7 Å². The number of carbonyl (C=O) groups excluding carboxylic acids is 1. The van der Waals surface area contributed by atoms with Crippen LogP contribution in [0.15, 0.2) is 65.8 Å². The lowest BCUT2D eigenvalue weighted by Crippen LogP contribution is -2.27. The Hall–Kier alpha value is -2.60. The summed E-state index contributed by atoms with van der Waals surface area (Å²) in [5.41, 5.74) is 2.53. The molecular weight excluding hydrogens is 344 g/mol. The molecule has 0 spiro atoms. The summed E-state index contributed by atoms with van der Waals surface area (Å²) in [6, 6.07) is 20.8. The predicted molar refractivity (Wildman–Crippen MR) is 104 cm³/mol. The fourth-order valence-electron chi connectivity index (χ4n) is 2.82. The smallest absolute Gasteiger partial charge is 0.230 e. The zero-order valence-corrected chi connectivity index (χ0v) is 15.5. The Bertz CT molecular complexity index is 781. The standard InChI is InChI=1S/C20H22N4OS/c1-15-22-20(24-23-15)26-14-19(25)21-13-12-18(16-8-4-2-5-9-16)17-10-6-3-7-11-17/h2-11,18H,12-14H2,1H3,(H,21,25)(H,22,23,24). The fraction of sp³-hybridized carbons (Fsp3) is 0.250. The third kappa shape index (κ3) is 5.20. The molecule has 0 bridgehead atoms. The molecule has 0 fully saturated rings. The van der Waals surface area contributed by atoms with E-state index in [1.807, 2.05) is 19.1 Å². The average molecular weight is 366 g/mol. The number of amides is 1. The SMILES string of the molecule is Cc1nc(SCC(=O)NCCC(c2ccccc2)c2ccccc2)n[nH]1. The van der Waals surface area contributed by atoms with Gasteiger partial charge in [-0.15, -0.1) is 5.10 Å². The van der Waals surface area contributed by atoms with Crippen LogP contribution >= 0.6 is 11.8 Å². The van der Waals surface area contributed by atoms with Crippen LogP contribution in [0.5, 0.6) is 0 Å². The van der Waals surface area contributed by atoms with Gasteiger partial charge in [-0.3, -0.25) is 9.89 Å². The lowest BCUT2D eigenvalue weighted by molar-refractivity contribution is -0.118. The highest BCUT2D eigenvalue weighted by Gasteiger charge is 2.14. The van der Waals surface area contributed by atoms with Crippen molar-refractivity contribution in [1.82, 2.24) is 20.5 Å². The summed E-state index contributed by atoms with van der Waals surface area (Å²) >= 11 is 1.34. The fourth-order valence-corrected chi connectivity index (χ4v) is 3.49. The molecule has 3 aromatic rings. The molecule has 0 saturated carbocycles. The second-order valence-electron chi connectivity index (χ2n) is 6.00. The highest BCUT2D eigenvalue weighted by Crippen LogP contribution is 2.27. The van der Waals surface area contributed by atoms with E-state index in [1.54, 1.807) is 0 Å². The van der Waals surface area contributed by atoms with Gasteiger partial charge in [0.25, 0.3) is 0 Å². The minimum Gasteiger partial charge on any atom is -0.355 e. The summed E-state index contributed by atoms with van der Waals surface area (Å²) in [6.45, 7) is 2.46. The van der Waals surface area contributed by atoms with E-state index >= 15 is 0 Å². The molecule has 0 atom stereocenters.